The van der Waals surface area contributed by atoms with Crippen molar-refractivity contribution in [2.45, 2.75) is 25.6 Å². The van der Waals surface area contributed by atoms with E-state index in [0.717, 1.165) is 0 Å². The third kappa shape index (κ3) is 2.14. The minimum atomic E-state index is -0.450. The zero-order chi connectivity index (χ0) is 11.1. The Morgan fingerprint density at radius 1 is 1.53 bits per heavy atom. The second-order valence-electron chi connectivity index (χ2n) is 4.35. The van der Waals surface area contributed by atoms with E-state index in [1.165, 1.54) is 6.07 Å². The first-order valence-corrected chi connectivity index (χ1v) is 5.21. The van der Waals surface area contributed by atoms with Gasteiger partial charge < -0.3 is 4.74 Å². The summed E-state index contributed by atoms with van der Waals surface area (Å²) in [7, 11) is 0. The molecule has 1 aliphatic rings. The molecule has 0 bridgehead atoms. The van der Waals surface area contributed by atoms with Crippen LogP contribution in [0.1, 0.15) is 25.6 Å². The van der Waals surface area contributed by atoms with Crippen LogP contribution in [0.3, 0.4) is 0 Å². The predicted molar refractivity (Wildman–Crippen MR) is 57.3 cm³/mol. The van der Waals surface area contributed by atoms with Gasteiger partial charge in [-0.05, 0) is 26.0 Å². The summed E-state index contributed by atoms with van der Waals surface area (Å²) >= 11 is 5.94. The van der Waals surface area contributed by atoms with Crippen molar-refractivity contribution in [1.82, 2.24) is 5.32 Å². The van der Waals surface area contributed by atoms with Crippen LogP contribution < -0.4 is 5.32 Å². The highest BCUT2D eigenvalue weighted by Crippen LogP contribution is 2.32. The van der Waals surface area contributed by atoms with Gasteiger partial charge in [0.05, 0.1) is 11.6 Å². The van der Waals surface area contributed by atoms with E-state index in [1.54, 1.807) is 12.1 Å². The highest BCUT2D eigenvalue weighted by Gasteiger charge is 2.34. The van der Waals surface area contributed by atoms with Crippen LogP contribution >= 0.6 is 11.6 Å². The van der Waals surface area contributed by atoms with Gasteiger partial charge in [0.1, 0.15) is 12.0 Å². The van der Waals surface area contributed by atoms with E-state index in [1.807, 2.05) is 13.8 Å². The fourth-order valence-corrected chi connectivity index (χ4v) is 1.91. The van der Waals surface area contributed by atoms with E-state index in [-0.39, 0.29) is 11.4 Å². The number of halogens is 2. The SMILES string of the molecule is CC1(C)COC(c2c(F)cccc2Cl)N1. The van der Waals surface area contributed by atoms with Crippen molar-refractivity contribution in [1.29, 1.82) is 0 Å². The zero-order valence-corrected chi connectivity index (χ0v) is 9.44. The Bertz CT molecular complexity index is 361. The highest BCUT2D eigenvalue weighted by molar-refractivity contribution is 6.31. The average Bonchev–Trinajstić information content (AvgIpc) is 2.46. The maximum atomic E-state index is 13.5. The van der Waals surface area contributed by atoms with Crippen LogP contribution in [-0.2, 0) is 4.74 Å². The molecule has 1 heterocycles. The number of hydrogen-bond acceptors (Lipinski definition) is 2. The van der Waals surface area contributed by atoms with Gasteiger partial charge in [-0.15, -0.1) is 0 Å². The summed E-state index contributed by atoms with van der Waals surface area (Å²) in [6.45, 7) is 4.55. The molecule has 2 rings (SSSR count). The Hall–Kier alpha value is -0.640. The van der Waals surface area contributed by atoms with Gasteiger partial charge in [0.2, 0.25) is 0 Å². The third-order valence-corrected chi connectivity index (χ3v) is 2.72. The van der Waals surface area contributed by atoms with E-state index in [0.29, 0.717) is 17.2 Å². The van der Waals surface area contributed by atoms with Crippen LogP contribution in [0.15, 0.2) is 18.2 Å². The summed E-state index contributed by atoms with van der Waals surface area (Å²) in [4.78, 5) is 0. The molecule has 1 N–H and O–H groups in total. The molecule has 0 saturated carbocycles. The van der Waals surface area contributed by atoms with Crippen molar-refractivity contribution < 1.29 is 9.13 Å². The molecule has 0 amide bonds. The topological polar surface area (TPSA) is 21.3 Å². The number of rotatable bonds is 1. The summed E-state index contributed by atoms with van der Waals surface area (Å²) in [6.07, 6.45) is -0.450. The van der Waals surface area contributed by atoms with Gasteiger partial charge in [-0.25, -0.2) is 4.39 Å². The second kappa shape index (κ2) is 3.74. The van der Waals surface area contributed by atoms with Gasteiger partial charge in [-0.2, -0.15) is 0 Å². The lowest BCUT2D eigenvalue weighted by Crippen LogP contribution is -2.36. The Morgan fingerprint density at radius 3 is 2.80 bits per heavy atom. The number of ether oxygens (including phenoxy) is 1. The molecule has 4 heteroatoms. The van der Waals surface area contributed by atoms with Crippen molar-refractivity contribution in [3.05, 3.63) is 34.6 Å². The molecule has 1 saturated heterocycles. The molecule has 1 fully saturated rings. The van der Waals surface area contributed by atoms with Crippen molar-refractivity contribution in [3.63, 3.8) is 0 Å². The molecular formula is C11H13ClFNO. The molecule has 1 unspecified atom stereocenters. The van der Waals surface area contributed by atoms with Crippen molar-refractivity contribution in [2.24, 2.45) is 0 Å². The molecular weight excluding hydrogens is 217 g/mol. The van der Waals surface area contributed by atoms with Crippen molar-refractivity contribution in [2.75, 3.05) is 6.61 Å². The van der Waals surface area contributed by atoms with Crippen LogP contribution in [0.2, 0.25) is 5.02 Å². The molecule has 82 valence electrons. The van der Waals surface area contributed by atoms with Crippen LogP contribution in [-0.4, -0.2) is 12.1 Å². The zero-order valence-electron chi connectivity index (χ0n) is 8.68. The maximum Gasteiger partial charge on any atom is 0.139 e. The lowest BCUT2D eigenvalue weighted by Gasteiger charge is -2.18. The summed E-state index contributed by atoms with van der Waals surface area (Å²) in [5.74, 6) is -0.335. The minimum absolute atomic E-state index is 0.143. The summed E-state index contributed by atoms with van der Waals surface area (Å²) in [6, 6.07) is 4.63. The molecule has 1 aliphatic heterocycles. The van der Waals surface area contributed by atoms with Crippen LogP contribution in [0.25, 0.3) is 0 Å². The molecule has 0 aromatic heterocycles. The first-order valence-electron chi connectivity index (χ1n) is 4.83. The van der Waals surface area contributed by atoms with Gasteiger partial charge in [0.25, 0.3) is 0 Å². The molecule has 1 atom stereocenters. The van der Waals surface area contributed by atoms with Gasteiger partial charge in [-0.1, -0.05) is 17.7 Å². The van der Waals surface area contributed by atoms with E-state index < -0.39 is 6.23 Å². The Balaban J connectivity index is 2.31. The first kappa shape index (κ1) is 10.9. The number of hydrogen-bond donors (Lipinski definition) is 1. The normalized spacial score (nSPS) is 24.4. The van der Waals surface area contributed by atoms with E-state index in [4.69, 9.17) is 16.3 Å². The average molecular weight is 230 g/mol. The standard InChI is InChI=1S/C11H13ClFNO/c1-11(2)6-15-10(14-11)9-7(12)4-3-5-8(9)13/h3-5,10,14H,6H2,1-2H3. The van der Waals surface area contributed by atoms with Crippen molar-refractivity contribution >= 4 is 11.6 Å². The Kier molecular flexibility index (Phi) is 2.71. The third-order valence-electron chi connectivity index (χ3n) is 2.39. The van der Waals surface area contributed by atoms with Gasteiger partial charge in [0, 0.05) is 11.1 Å². The Labute approximate surface area is 93.4 Å². The number of nitrogens with one attached hydrogen (secondary N) is 1. The summed E-state index contributed by atoms with van der Waals surface area (Å²) in [5, 5.41) is 3.58. The maximum absolute atomic E-state index is 13.5. The smallest absolute Gasteiger partial charge is 0.139 e. The fraction of sp³-hybridized carbons (Fsp3) is 0.455. The van der Waals surface area contributed by atoms with Gasteiger partial charge in [0.15, 0.2) is 0 Å². The van der Waals surface area contributed by atoms with Crippen molar-refractivity contribution in [3.8, 4) is 0 Å². The monoisotopic (exact) mass is 229 g/mol. The van der Waals surface area contributed by atoms with E-state index in [9.17, 15) is 4.39 Å². The van der Waals surface area contributed by atoms with Crippen LogP contribution in [0.5, 0.6) is 0 Å². The lowest BCUT2D eigenvalue weighted by atomic mass is 10.1. The predicted octanol–water partition coefficient (Wildman–Crippen LogP) is 2.88. The van der Waals surface area contributed by atoms with Crippen LogP contribution in [0, 0.1) is 5.82 Å². The molecule has 15 heavy (non-hydrogen) atoms. The molecule has 1 aromatic carbocycles. The largest absolute Gasteiger partial charge is 0.357 e. The van der Waals surface area contributed by atoms with E-state index >= 15 is 0 Å². The quantitative estimate of drug-likeness (QED) is 0.800. The first-order chi connectivity index (χ1) is 6.99. The van der Waals surface area contributed by atoms with Gasteiger partial charge in [-0.3, -0.25) is 5.32 Å². The fourth-order valence-electron chi connectivity index (χ4n) is 1.65. The molecule has 0 spiro atoms. The van der Waals surface area contributed by atoms with Crippen LogP contribution in [0.4, 0.5) is 4.39 Å². The molecule has 0 aliphatic carbocycles. The highest BCUT2D eigenvalue weighted by atomic mass is 35.5. The minimum Gasteiger partial charge on any atom is -0.357 e. The summed E-state index contributed by atoms with van der Waals surface area (Å²) in [5.41, 5.74) is 0.251. The molecule has 0 radical (unpaired) electrons. The van der Waals surface area contributed by atoms with Gasteiger partial charge >= 0.3 is 0 Å². The van der Waals surface area contributed by atoms with E-state index in [2.05, 4.69) is 5.32 Å². The number of benzene rings is 1. The second-order valence-corrected chi connectivity index (χ2v) is 4.76. The summed E-state index contributed by atoms with van der Waals surface area (Å²) < 4.78 is 19.0. The Morgan fingerprint density at radius 2 is 2.27 bits per heavy atom. The molecule has 1 aromatic rings. The lowest BCUT2D eigenvalue weighted by molar-refractivity contribution is 0.0961. The molecule has 2 nitrogen and oxygen atoms in total.